The maximum atomic E-state index is 14.2. The molecule has 0 fully saturated rings. The molecule has 1 aliphatic rings. The fourth-order valence-corrected chi connectivity index (χ4v) is 6.84. The monoisotopic (exact) mass is 709 g/mol. The number of anilines is 1. The van der Waals surface area contributed by atoms with Gasteiger partial charge in [0.2, 0.25) is 0 Å². The van der Waals surface area contributed by atoms with Gasteiger partial charge >= 0.3 is 0 Å². The number of nitrogens with zero attached hydrogens (tertiary/aromatic N) is 2. The summed E-state index contributed by atoms with van der Waals surface area (Å²) in [6.45, 7) is 4.63. The van der Waals surface area contributed by atoms with E-state index in [1.165, 1.54) is 11.3 Å². The molecule has 0 saturated heterocycles. The molecule has 0 aliphatic carbocycles. The number of rotatable bonds is 10. The first-order valence-corrected chi connectivity index (χ1v) is 16.6. The highest BCUT2D eigenvalue weighted by molar-refractivity contribution is 9.10. The average Bonchev–Trinajstić information content (AvgIpc) is 3.39. The molecule has 4 aromatic carbocycles. The van der Waals surface area contributed by atoms with Gasteiger partial charge < -0.3 is 19.5 Å². The Hall–Kier alpha value is -4.93. The first-order chi connectivity index (χ1) is 22.9. The second-order valence-electron chi connectivity index (χ2n) is 10.7. The molecule has 2 heterocycles. The molecule has 5 aromatic rings. The number of carbonyl (C=O) groups is 1. The van der Waals surface area contributed by atoms with Crippen LogP contribution in [0.4, 0.5) is 5.69 Å². The molecule has 1 aliphatic heterocycles. The van der Waals surface area contributed by atoms with Gasteiger partial charge in [-0.15, -0.1) is 0 Å². The first kappa shape index (κ1) is 32.0. The number of aromatic nitrogens is 1. The molecular formula is C37H32BrN3O5S. The zero-order chi connectivity index (χ0) is 32.9. The molecule has 0 spiro atoms. The van der Waals surface area contributed by atoms with E-state index < -0.39 is 6.04 Å². The summed E-state index contributed by atoms with van der Waals surface area (Å²) in [6, 6.07) is 29.5. The molecule has 1 N–H and O–H groups in total. The minimum atomic E-state index is -0.709. The Morgan fingerprint density at radius 2 is 1.68 bits per heavy atom. The summed E-state index contributed by atoms with van der Waals surface area (Å²) >= 11 is 4.93. The summed E-state index contributed by atoms with van der Waals surface area (Å²) in [5, 5.41) is 2.98. The van der Waals surface area contributed by atoms with Gasteiger partial charge in [0.05, 0.1) is 35.6 Å². The molecule has 1 aromatic heterocycles. The minimum Gasteiger partial charge on any atom is -0.494 e. The van der Waals surface area contributed by atoms with Crippen LogP contribution in [0.15, 0.2) is 123 Å². The molecule has 0 bridgehead atoms. The first-order valence-electron chi connectivity index (χ1n) is 15.0. The number of benzene rings is 4. The van der Waals surface area contributed by atoms with Crippen LogP contribution >= 0.6 is 27.3 Å². The number of ether oxygens (including phenoxy) is 3. The lowest BCUT2D eigenvalue weighted by Gasteiger charge is -2.25. The number of thiazole rings is 1. The van der Waals surface area contributed by atoms with Gasteiger partial charge in [0, 0.05) is 10.2 Å². The number of allylic oxidation sites excluding steroid dienone is 1. The van der Waals surface area contributed by atoms with Crippen molar-refractivity contribution in [2.45, 2.75) is 26.5 Å². The van der Waals surface area contributed by atoms with E-state index in [9.17, 15) is 9.59 Å². The van der Waals surface area contributed by atoms with E-state index in [2.05, 4.69) is 21.2 Å². The van der Waals surface area contributed by atoms with Crippen LogP contribution in [0.5, 0.6) is 17.2 Å². The largest absolute Gasteiger partial charge is 0.494 e. The third-order valence-corrected chi connectivity index (χ3v) is 9.28. The number of nitrogens with one attached hydrogen (secondary N) is 1. The van der Waals surface area contributed by atoms with Gasteiger partial charge in [-0.3, -0.25) is 14.2 Å². The lowest BCUT2D eigenvalue weighted by molar-refractivity contribution is -0.113. The summed E-state index contributed by atoms with van der Waals surface area (Å²) in [4.78, 5) is 33.3. The number of hydrogen-bond donors (Lipinski definition) is 1. The number of amides is 1. The summed E-state index contributed by atoms with van der Waals surface area (Å²) in [5.74, 6) is 1.48. The molecule has 0 unspecified atom stereocenters. The summed E-state index contributed by atoms with van der Waals surface area (Å²) in [5.41, 5.74) is 3.83. The van der Waals surface area contributed by atoms with E-state index in [4.69, 9.17) is 19.2 Å². The van der Waals surface area contributed by atoms with E-state index >= 15 is 0 Å². The molecule has 10 heteroatoms. The number of carbonyl (C=O) groups excluding carboxylic acids is 1. The van der Waals surface area contributed by atoms with Gasteiger partial charge in [0.25, 0.3) is 11.5 Å². The maximum Gasteiger partial charge on any atom is 0.271 e. The smallest absolute Gasteiger partial charge is 0.271 e. The van der Waals surface area contributed by atoms with E-state index in [-0.39, 0.29) is 11.5 Å². The van der Waals surface area contributed by atoms with Crippen LogP contribution in [-0.4, -0.2) is 24.2 Å². The van der Waals surface area contributed by atoms with Crippen LogP contribution in [0.3, 0.4) is 0 Å². The Morgan fingerprint density at radius 3 is 2.36 bits per heavy atom. The Bertz CT molecular complexity index is 2130. The Labute approximate surface area is 284 Å². The maximum absolute atomic E-state index is 14.2. The SMILES string of the molecule is CCOc1ccc([C@H]2C(C(=O)Nc3ccccc3)=C(C)N=c3s/c(=C\c4cc(OC)c(OCc5ccccc5)cc4Br)c(=O)n32)cc1. The number of methoxy groups -OCH3 is 1. The predicted octanol–water partition coefficient (Wildman–Crippen LogP) is 6.62. The van der Waals surface area contributed by atoms with E-state index in [0.717, 1.165) is 21.2 Å². The van der Waals surface area contributed by atoms with Gasteiger partial charge in [-0.1, -0.05) is 87.9 Å². The molecule has 1 amide bonds. The lowest BCUT2D eigenvalue weighted by atomic mass is 9.95. The van der Waals surface area contributed by atoms with Crippen molar-refractivity contribution in [1.29, 1.82) is 0 Å². The highest BCUT2D eigenvalue weighted by Crippen LogP contribution is 2.35. The van der Waals surface area contributed by atoms with Gasteiger partial charge in [-0.2, -0.15) is 0 Å². The van der Waals surface area contributed by atoms with Gasteiger partial charge in [0.15, 0.2) is 16.3 Å². The summed E-state index contributed by atoms with van der Waals surface area (Å²) in [6.07, 6.45) is 1.80. The Kier molecular flexibility index (Phi) is 9.70. The molecule has 0 radical (unpaired) electrons. The van der Waals surface area contributed by atoms with Crippen LogP contribution in [-0.2, 0) is 11.4 Å². The Balaban J connectivity index is 1.41. The number of halogens is 1. The number of fused-ring (bicyclic) bond motifs is 1. The van der Waals surface area contributed by atoms with Crippen molar-refractivity contribution in [3.8, 4) is 17.2 Å². The van der Waals surface area contributed by atoms with E-state index in [0.29, 0.717) is 56.8 Å². The van der Waals surface area contributed by atoms with Crippen LogP contribution in [0.2, 0.25) is 0 Å². The van der Waals surface area contributed by atoms with Crippen LogP contribution in [0, 0.1) is 0 Å². The highest BCUT2D eigenvalue weighted by Gasteiger charge is 2.32. The molecule has 8 nitrogen and oxygen atoms in total. The minimum absolute atomic E-state index is 0.264. The predicted molar refractivity (Wildman–Crippen MR) is 188 cm³/mol. The average molecular weight is 711 g/mol. The third-order valence-electron chi connectivity index (χ3n) is 7.61. The van der Waals surface area contributed by atoms with E-state index in [1.54, 1.807) is 24.7 Å². The van der Waals surface area contributed by atoms with Crippen LogP contribution in [0.25, 0.3) is 6.08 Å². The van der Waals surface area contributed by atoms with Crippen LogP contribution < -0.4 is 34.4 Å². The molecule has 47 heavy (non-hydrogen) atoms. The van der Waals surface area contributed by atoms with Crippen molar-refractivity contribution in [3.05, 3.63) is 149 Å². The van der Waals surface area contributed by atoms with E-state index in [1.807, 2.05) is 104 Å². The van der Waals surface area contributed by atoms with Crippen molar-refractivity contribution < 1.29 is 19.0 Å². The standard InChI is InChI=1S/C37H32BrN3O5S/c1-4-45-28-17-15-25(16-18-28)34-33(35(42)40-27-13-9-6-10-14-27)23(2)39-37-41(34)36(43)32(47-37)20-26-19-30(44-3)31(21-29(26)38)46-22-24-11-7-5-8-12-24/h5-21,34H,4,22H2,1-3H3,(H,40,42)/b32-20-/t34-/m0/s1. The fraction of sp³-hybridized carbons (Fsp3) is 0.162. The second-order valence-corrected chi connectivity index (χ2v) is 12.6. The molecular weight excluding hydrogens is 678 g/mol. The summed E-state index contributed by atoms with van der Waals surface area (Å²) in [7, 11) is 1.58. The topological polar surface area (TPSA) is 91.2 Å². The van der Waals surface area contributed by atoms with Crippen LogP contribution in [0.1, 0.15) is 36.6 Å². The fourth-order valence-electron chi connectivity index (χ4n) is 5.37. The van der Waals surface area contributed by atoms with Crippen molar-refractivity contribution in [2.24, 2.45) is 4.99 Å². The number of para-hydroxylation sites is 1. The lowest BCUT2D eigenvalue weighted by Crippen LogP contribution is -2.40. The molecule has 6 rings (SSSR count). The van der Waals surface area contributed by atoms with Gasteiger partial charge in [-0.25, -0.2) is 4.99 Å². The zero-order valence-electron chi connectivity index (χ0n) is 26.0. The Morgan fingerprint density at radius 1 is 0.979 bits per heavy atom. The summed E-state index contributed by atoms with van der Waals surface area (Å²) < 4.78 is 20.2. The number of hydrogen-bond acceptors (Lipinski definition) is 7. The van der Waals surface area contributed by atoms with Crippen molar-refractivity contribution in [3.63, 3.8) is 0 Å². The zero-order valence-corrected chi connectivity index (χ0v) is 28.4. The quantitative estimate of drug-likeness (QED) is 0.176. The van der Waals surface area contributed by atoms with Gasteiger partial charge in [0.1, 0.15) is 12.4 Å². The molecule has 1 atom stereocenters. The van der Waals surface area contributed by atoms with Crippen molar-refractivity contribution in [2.75, 3.05) is 19.0 Å². The van der Waals surface area contributed by atoms with Crippen molar-refractivity contribution >= 4 is 44.9 Å². The molecule has 238 valence electrons. The molecule has 0 saturated carbocycles. The normalized spacial score (nSPS) is 14.3. The second kappa shape index (κ2) is 14.2. The highest BCUT2D eigenvalue weighted by atomic mass is 79.9. The third kappa shape index (κ3) is 6.94. The van der Waals surface area contributed by atoms with Crippen molar-refractivity contribution in [1.82, 2.24) is 4.57 Å². The van der Waals surface area contributed by atoms with Gasteiger partial charge in [-0.05, 0) is 73.0 Å².